The van der Waals surface area contributed by atoms with Crippen molar-refractivity contribution >= 4 is 23.2 Å². The molecule has 2 aromatic rings. The van der Waals surface area contributed by atoms with Gasteiger partial charge in [-0.05, 0) is 43.4 Å². The largest absolute Gasteiger partial charge is 0.497 e. The van der Waals surface area contributed by atoms with E-state index in [0.717, 1.165) is 22.6 Å². The Hall–Kier alpha value is -1.42. The van der Waals surface area contributed by atoms with Crippen molar-refractivity contribution in [3.63, 3.8) is 0 Å². The maximum atomic E-state index is 6.14. The minimum absolute atomic E-state index is 0.364. The lowest BCUT2D eigenvalue weighted by Gasteiger charge is -2.13. The minimum Gasteiger partial charge on any atom is -0.497 e. The molecular weight excluding hydrogens is 309 g/mol. The van der Waals surface area contributed by atoms with Gasteiger partial charge in [0.2, 0.25) is 0 Å². The zero-order valence-electron chi connectivity index (χ0n) is 12.0. The molecule has 0 saturated carbocycles. The van der Waals surface area contributed by atoms with Crippen molar-refractivity contribution in [2.75, 3.05) is 14.2 Å². The van der Waals surface area contributed by atoms with Crippen molar-refractivity contribution in [1.82, 2.24) is 5.32 Å². The summed E-state index contributed by atoms with van der Waals surface area (Å²) >= 11 is 12.1. The summed E-state index contributed by atoms with van der Waals surface area (Å²) in [6, 6.07) is 11.0. The van der Waals surface area contributed by atoms with Crippen molar-refractivity contribution < 1.29 is 9.47 Å². The molecule has 0 aliphatic heterocycles. The van der Waals surface area contributed by atoms with Gasteiger partial charge < -0.3 is 14.8 Å². The van der Waals surface area contributed by atoms with E-state index in [4.69, 9.17) is 32.7 Å². The van der Waals surface area contributed by atoms with Crippen LogP contribution in [0.4, 0.5) is 0 Å². The second-order valence-corrected chi connectivity index (χ2v) is 5.37. The van der Waals surface area contributed by atoms with Crippen LogP contribution < -0.4 is 14.8 Å². The third-order valence-electron chi connectivity index (χ3n) is 3.03. The van der Waals surface area contributed by atoms with Crippen LogP contribution in [0.1, 0.15) is 11.1 Å². The molecule has 0 unspecified atom stereocenters. The summed E-state index contributed by atoms with van der Waals surface area (Å²) in [6.45, 7) is 1.05. The van der Waals surface area contributed by atoms with Crippen LogP contribution >= 0.6 is 23.2 Å². The molecule has 0 aromatic heterocycles. The summed E-state index contributed by atoms with van der Waals surface area (Å²) in [4.78, 5) is 0. The lowest BCUT2D eigenvalue weighted by molar-refractivity contribution is 0.301. The molecule has 0 amide bonds. The number of ether oxygens (including phenoxy) is 2. The van der Waals surface area contributed by atoms with Crippen LogP contribution in [0.15, 0.2) is 36.4 Å². The van der Waals surface area contributed by atoms with Gasteiger partial charge in [-0.2, -0.15) is 0 Å². The van der Waals surface area contributed by atoms with Gasteiger partial charge in [-0.15, -0.1) is 0 Å². The quantitative estimate of drug-likeness (QED) is 0.858. The Morgan fingerprint density at radius 3 is 2.57 bits per heavy atom. The van der Waals surface area contributed by atoms with E-state index in [1.165, 1.54) is 0 Å². The molecule has 0 spiro atoms. The Labute approximate surface area is 134 Å². The van der Waals surface area contributed by atoms with E-state index in [1.807, 2.05) is 31.3 Å². The summed E-state index contributed by atoms with van der Waals surface area (Å²) in [5.41, 5.74) is 1.88. The van der Waals surface area contributed by atoms with Gasteiger partial charge in [0.1, 0.15) is 18.1 Å². The highest BCUT2D eigenvalue weighted by Gasteiger charge is 2.07. The van der Waals surface area contributed by atoms with E-state index in [9.17, 15) is 0 Å². The number of methoxy groups -OCH3 is 1. The molecule has 0 bridgehead atoms. The molecule has 2 rings (SSSR count). The van der Waals surface area contributed by atoms with Gasteiger partial charge in [0.05, 0.1) is 7.11 Å². The van der Waals surface area contributed by atoms with Gasteiger partial charge in [-0.3, -0.25) is 0 Å². The zero-order valence-corrected chi connectivity index (χ0v) is 13.5. The fourth-order valence-corrected chi connectivity index (χ4v) is 2.33. The van der Waals surface area contributed by atoms with E-state index in [2.05, 4.69) is 5.32 Å². The Balaban J connectivity index is 2.17. The van der Waals surface area contributed by atoms with Crippen LogP contribution in [-0.2, 0) is 13.2 Å². The summed E-state index contributed by atoms with van der Waals surface area (Å²) in [5.74, 6) is 1.59. The lowest BCUT2D eigenvalue weighted by atomic mass is 10.2. The molecule has 0 aliphatic carbocycles. The molecule has 0 atom stereocenters. The van der Waals surface area contributed by atoms with Gasteiger partial charge in [-0.1, -0.05) is 23.2 Å². The second kappa shape index (κ2) is 7.55. The number of hydrogen-bond acceptors (Lipinski definition) is 3. The Kier molecular flexibility index (Phi) is 5.74. The number of rotatable bonds is 6. The zero-order chi connectivity index (χ0) is 15.2. The Morgan fingerprint density at radius 2 is 1.86 bits per heavy atom. The summed E-state index contributed by atoms with van der Waals surface area (Å²) < 4.78 is 11.1. The molecule has 0 fully saturated rings. The molecular formula is C16H17Cl2NO2. The molecule has 21 heavy (non-hydrogen) atoms. The van der Waals surface area contributed by atoms with E-state index < -0.39 is 0 Å². The fourth-order valence-electron chi connectivity index (χ4n) is 1.96. The average Bonchev–Trinajstić information content (AvgIpc) is 2.49. The summed E-state index contributed by atoms with van der Waals surface area (Å²) in [7, 11) is 3.53. The third-order valence-corrected chi connectivity index (χ3v) is 3.63. The van der Waals surface area contributed by atoms with Crippen molar-refractivity contribution in [1.29, 1.82) is 0 Å². The van der Waals surface area contributed by atoms with Crippen molar-refractivity contribution in [2.45, 2.75) is 13.2 Å². The molecule has 0 saturated heterocycles. The lowest BCUT2D eigenvalue weighted by Crippen LogP contribution is -2.08. The molecule has 3 nitrogen and oxygen atoms in total. The maximum Gasteiger partial charge on any atom is 0.124 e. The van der Waals surface area contributed by atoms with Crippen molar-refractivity contribution in [3.8, 4) is 11.5 Å². The molecule has 112 valence electrons. The first kappa shape index (κ1) is 16.0. The van der Waals surface area contributed by atoms with Crippen LogP contribution in [0, 0.1) is 0 Å². The van der Waals surface area contributed by atoms with Gasteiger partial charge in [0.15, 0.2) is 0 Å². The number of hydrogen-bond donors (Lipinski definition) is 1. The maximum absolute atomic E-state index is 6.14. The monoisotopic (exact) mass is 325 g/mol. The highest BCUT2D eigenvalue weighted by molar-refractivity contribution is 6.33. The highest BCUT2D eigenvalue weighted by Crippen LogP contribution is 2.27. The van der Waals surface area contributed by atoms with Crippen LogP contribution in [0.2, 0.25) is 10.0 Å². The van der Waals surface area contributed by atoms with Crippen LogP contribution in [-0.4, -0.2) is 14.2 Å². The SMILES string of the molecule is CNCc1cc(OC)ccc1OCc1cc(Cl)ccc1Cl. The summed E-state index contributed by atoms with van der Waals surface area (Å²) in [5, 5.41) is 4.40. The molecule has 0 aliphatic rings. The Bertz CT molecular complexity index is 617. The Morgan fingerprint density at radius 1 is 1.05 bits per heavy atom. The van der Waals surface area contributed by atoms with E-state index in [0.29, 0.717) is 23.2 Å². The van der Waals surface area contributed by atoms with Crippen LogP contribution in [0.5, 0.6) is 11.5 Å². The fraction of sp³-hybridized carbons (Fsp3) is 0.250. The number of nitrogens with one attached hydrogen (secondary N) is 1. The van der Waals surface area contributed by atoms with Gasteiger partial charge in [-0.25, -0.2) is 0 Å². The van der Waals surface area contributed by atoms with Crippen LogP contribution in [0.25, 0.3) is 0 Å². The predicted octanol–water partition coefficient (Wildman–Crippen LogP) is 4.30. The molecule has 2 aromatic carbocycles. The second-order valence-electron chi connectivity index (χ2n) is 4.53. The van der Waals surface area contributed by atoms with E-state index >= 15 is 0 Å². The highest BCUT2D eigenvalue weighted by atomic mass is 35.5. The topological polar surface area (TPSA) is 30.5 Å². The molecule has 0 heterocycles. The van der Waals surface area contributed by atoms with Crippen molar-refractivity contribution in [3.05, 3.63) is 57.6 Å². The molecule has 1 N–H and O–H groups in total. The first-order chi connectivity index (χ1) is 10.1. The smallest absolute Gasteiger partial charge is 0.124 e. The molecule has 0 radical (unpaired) electrons. The van der Waals surface area contributed by atoms with Gasteiger partial charge >= 0.3 is 0 Å². The van der Waals surface area contributed by atoms with Crippen LogP contribution in [0.3, 0.4) is 0 Å². The minimum atomic E-state index is 0.364. The number of halogens is 2. The van der Waals surface area contributed by atoms with E-state index in [-0.39, 0.29) is 0 Å². The molecule has 5 heteroatoms. The first-order valence-corrected chi connectivity index (χ1v) is 7.28. The van der Waals surface area contributed by atoms with Gasteiger partial charge in [0, 0.05) is 27.7 Å². The summed E-state index contributed by atoms with van der Waals surface area (Å²) in [6.07, 6.45) is 0. The van der Waals surface area contributed by atoms with E-state index in [1.54, 1.807) is 19.2 Å². The number of benzene rings is 2. The van der Waals surface area contributed by atoms with Gasteiger partial charge in [0.25, 0.3) is 0 Å². The predicted molar refractivity (Wildman–Crippen MR) is 86.6 cm³/mol. The third kappa shape index (κ3) is 4.27. The average molecular weight is 326 g/mol. The standard InChI is InChI=1S/C16H17Cl2NO2/c1-19-9-11-8-14(20-2)4-6-16(11)21-10-12-7-13(17)3-5-15(12)18/h3-8,19H,9-10H2,1-2H3. The van der Waals surface area contributed by atoms with Crippen molar-refractivity contribution in [2.24, 2.45) is 0 Å². The normalized spacial score (nSPS) is 10.5. The first-order valence-electron chi connectivity index (χ1n) is 6.52.